The smallest absolute Gasteiger partial charge is 0.212 e. The fourth-order valence-electron chi connectivity index (χ4n) is 1.25. The number of sulfonamides is 1. The summed E-state index contributed by atoms with van der Waals surface area (Å²) in [5, 5.41) is 11.6. The molecule has 108 valence electrons. The summed E-state index contributed by atoms with van der Waals surface area (Å²) in [6.07, 6.45) is 0.940. The molecule has 4 N–H and O–H groups in total. The zero-order chi connectivity index (χ0) is 14.6. The van der Waals surface area contributed by atoms with Crippen molar-refractivity contribution in [3.05, 3.63) is 0 Å². The van der Waals surface area contributed by atoms with Gasteiger partial charge in [0.1, 0.15) is 0 Å². The van der Waals surface area contributed by atoms with E-state index in [1.807, 2.05) is 20.8 Å². The lowest BCUT2D eigenvalue weighted by atomic mass is 9.94. The highest BCUT2D eigenvalue weighted by atomic mass is 32.2. The number of nitrogens with two attached hydrogens (primary N) is 1. The van der Waals surface area contributed by atoms with Crippen molar-refractivity contribution < 1.29 is 13.6 Å². The van der Waals surface area contributed by atoms with Crippen molar-refractivity contribution in [2.24, 2.45) is 16.3 Å². The summed E-state index contributed by atoms with van der Waals surface area (Å²) in [5.74, 6) is -0.116. The molecule has 0 aromatic carbocycles. The number of nitrogens with zero attached hydrogens (tertiary/aromatic N) is 1. The Morgan fingerprint density at radius 1 is 1.33 bits per heavy atom. The fourth-order valence-corrected chi connectivity index (χ4v) is 3.17. The lowest BCUT2D eigenvalue weighted by Crippen LogP contribution is -2.55. The highest BCUT2D eigenvalue weighted by molar-refractivity contribution is 7.89. The molecular weight excluding hydrogens is 254 g/mol. The molecule has 0 saturated heterocycles. The van der Waals surface area contributed by atoms with Crippen molar-refractivity contribution >= 4 is 15.9 Å². The Labute approximate surface area is 110 Å². The van der Waals surface area contributed by atoms with Crippen LogP contribution in [0.4, 0.5) is 0 Å². The molecular formula is C11H25N3O3S. The highest BCUT2D eigenvalue weighted by Gasteiger charge is 2.33. The van der Waals surface area contributed by atoms with Crippen LogP contribution >= 0.6 is 0 Å². The summed E-state index contributed by atoms with van der Waals surface area (Å²) in [7, 11) is -3.46. The molecule has 0 heterocycles. The van der Waals surface area contributed by atoms with Crippen molar-refractivity contribution in [1.29, 1.82) is 0 Å². The van der Waals surface area contributed by atoms with Gasteiger partial charge >= 0.3 is 0 Å². The number of nitrogens with one attached hydrogen (secondary N) is 1. The molecule has 0 aliphatic carbocycles. The predicted octanol–water partition coefficient (Wildman–Crippen LogP) is 1.26. The summed E-state index contributed by atoms with van der Waals surface area (Å²) in [4.78, 5) is 0. The molecule has 1 unspecified atom stereocenters. The maximum absolute atomic E-state index is 12.0. The normalized spacial score (nSPS) is 17.5. The summed E-state index contributed by atoms with van der Waals surface area (Å²) in [5.41, 5.74) is 4.41. The molecule has 1 atom stereocenters. The first-order chi connectivity index (χ1) is 7.96. The number of oxime groups is 1. The van der Waals surface area contributed by atoms with Gasteiger partial charge in [-0.05, 0) is 25.2 Å². The van der Waals surface area contributed by atoms with E-state index in [2.05, 4.69) is 9.88 Å². The second kappa shape index (κ2) is 5.88. The Kier molecular flexibility index (Phi) is 5.61. The van der Waals surface area contributed by atoms with E-state index in [0.717, 1.165) is 0 Å². The topological polar surface area (TPSA) is 105 Å². The van der Waals surface area contributed by atoms with Crippen LogP contribution in [0.3, 0.4) is 0 Å². The van der Waals surface area contributed by atoms with Gasteiger partial charge in [0, 0.05) is 0 Å². The molecule has 0 spiro atoms. The Balaban J connectivity index is 4.85. The van der Waals surface area contributed by atoms with Crippen LogP contribution in [0.2, 0.25) is 0 Å². The van der Waals surface area contributed by atoms with Crippen LogP contribution in [0.15, 0.2) is 5.16 Å². The van der Waals surface area contributed by atoms with E-state index in [4.69, 9.17) is 10.9 Å². The molecule has 0 saturated carbocycles. The minimum atomic E-state index is -3.46. The Hall–Kier alpha value is -0.820. The standard InChI is InChI=1S/C11H25N3O3S/c1-6-11(5,9(12)13-15)14-18(16,17)8-7-10(2,3)4/h14-15H,6-8H2,1-5H3,(H2,12,13). The lowest BCUT2D eigenvalue weighted by Gasteiger charge is -2.28. The molecule has 0 aromatic rings. The van der Waals surface area contributed by atoms with Crippen LogP contribution in [0.5, 0.6) is 0 Å². The minimum Gasteiger partial charge on any atom is -0.409 e. The summed E-state index contributed by atoms with van der Waals surface area (Å²) in [6, 6.07) is 0. The third-order valence-electron chi connectivity index (χ3n) is 2.88. The monoisotopic (exact) mass is 279 g/mol. The second-order valence-electron chi connectivity index (χ2n) is 5.90. The second-order valence-corrected chi connectivity index (χ2v) is 7.74. The lowest BCUT2D eigenvalue weighted by molar-refractivity contribution is 0.310. The van der Waals surface area contributed by atoms with Crippen molar-refractivity contribution in [2.75, 3.05) is 5.75 Å². The first-order valence-corrected chi connectivity index (χ1v) is 7.60. The SMILES string of the molecule is CCC(C)(NS(=O)(=O)CCC(C)(C)C)C(N)=NO. The van der Waals surface area contributed by atoms with E-state index in [9.17, 15) is 8.42 Å². The van der Waals surface area contributed by atoms with Gasteiger partial charge in [-0.25, -0.2) is 13.1 Å². The van der Waals surface area contributed by atoms with Gasteiger partial charge in [0.05, 0.1) is 11.3 Å². The van der Waals surface area contributed by atoms with Crippen LogP contribution in [0.25, 0.3) is 0 Å². The van der Waals surface area contributed by atoms with Crippen LogP contribution in [-0.4, -0.2) is 30.8 Å². The number of hydrogen-bond acceptors (Lipinski definition) is 4. The Morgan fingerprint density at radius 3 is 2.17 bits per heavy atom. The molecule has 0 aliphatic rings. The largest absolute Gasteiger partial charge is 0.409 e. The van der Waals surface area contributed by atoms with Gasteiger partial charge in [-0.2, -0.15) is 0 Å². The molecule has 0 rings (SSSR count). The Morgan fingerprint density at radius 2 is 1.83 bits per heavy atom. The molecule has 0 amide bonds. The molecule has 0 aromatic heterocycles. The molecule has 0 aliphatic heterocycles. The van der Waals surface area contributed by atoms with Gasteiger partial charge in [0.25, 0.3) is 0 Å². The summed E-state index contributed by atoms with van der Waals surface area (Å²) in [6.45, 7) is 9.29. The van der Waals surface area contributed by atoms with Gasteiger partial charge in [0.15, 0.2) is 5.84 Å². The predicted molar refractivity (Wildman–Crippen MR) is 73.1 cm³/mol. The first kappa shape index (κ1) is 17.2. The van der Waals surface area contributed by atoms with Crippen LogP contribution in [0, 0.1) is 5.41 Å². The maximum Gasteiger partial charge on any atom is 0.212 e. The van der Waals surface area contributed by atoms with E-state index in [-0.39, 0.29) is 17.0 Å². The Bertz CT molecular complexity index is 398. The van der Waals surface area contributed by atoms with Gasteiger partial charge in [0.2, 0.25) is 10.0 Å². The average Bonchev–Trinajstić information content (AvgIpc) is 2.24. The van der Waals surface area contributed by atoms with Crippen molar-refractivity contribution in [1.82, 2.24) is 4.72 Å². The van der Waals surface area contributed by atoms with Gasteiger partial charge in [-0.15, -0.1) is 0 Å². The van der Waals surface area contributed by atoms with Gasteiger partial charge in [-0.1, -0.05) is 32.9 Å². The van der Waals surface area contributed by atoms with E-state index in [0.29, 0.717) is 12.8 Å². The quantitative estimate of drug-likeness (QED) is 0.294. The number of amidine groups is 1. The van der Waals surface area contributed by atoms with E-state index >= 15 is 0 Å². The third kappa shape index (κ3) is 5.68. The number of rotatable bonds is 6. The summed E-state index contributed by atoms with van der Waals surface area (Å²) >= 11 is 0. The molecule has 0 radical (unpaired) electrons. The molecule has 7 heteroatoms. The molecule has 6 nitrogen and oxygen atoms in total. The average molecular weight is 279 g/mol. The third-order valence-corrected chi connectivity index (χ3v) is 4.38. The van der Waals surface area contributed by atoms with Crippen molar-refractivity contribution in [3.63, 3.8) is 0 Å². The van der Waals surface area contributed by atoms with E-state index in [1.165, 1.54) is 0 Å². The van der Waals surface area contributed by atoms with Gasteiger partial charge < -0.3 is 10.9 Å². The maximum atomic E-state index is 12.0. The van der Waals surface area contributed by atoms with Crippen LogP contribution in [0.1, 0.15) is 47.5 Å². The first-order valence-electron chi connectivity index (χ1n) is 5.95. The number of hydrogen-bond donors (Lipinski definition) is 3. The van der Waals surface area contributed by atoms with Crippen LogP contribution < -0.4 is 10.5 Å². The van der Waals surface area contributed by atoms with Crippen molar-refractivity contribution in [3.8, 4) is 0 Å². The zero-order valence-corrected chi connectivity index (χ0v) is 12.6. The van der Waals surface area contributed by atoms with Crippen molar-refractivity contribution in [2.45, 2.75) is 53.0 Å². The minimum absolute atomic E-state index is 0.0186. The molecule has 0 bridgehead atoms. The van der Waals surface area contributed by atoms with Crippen LogP contribution in [-0.2, 0) is 10.0 Å². The molecule has 18 heavy (non-hydrogen) atoms. The van der Waals surface area contributed by atoms with Gasteiger partial charge in [-0.3, -0.25) is 0 Å². The van der Waals surface area contributed by atoms with E-state index < -0.39 is 15.6 Å². The molecule has 0 fully saturated rings. The fraction of sp³-hybridized carbons (Fsp3) is 0.909. The zero-order valence-electron chi connectivity index (χ0n) is 11.8. The highest BCUT2D eigenvalue weighted by Crippen LogP contribution is 2.20. The van der Waals surface area contributed by atoms with E-state index in [1.54, 1.807) is 13.8 Å². The summed E-state index contributed by atoms with van der Waals surface area (Å²) < 4.78 is 26.4.